The van der Waals surface area contributed by atoms with Crippen LogP contribution in [0.15, 0.2) is 279 Å². The maximum Gasteiger partial charge on any atom is 0.0632 e. The van der Waals surface area contributed by atoms with Crippen LogP contribution in [0.3, 0.4) is 0 Å². The second-order valence-electron chi connectivity index (χ2n) is 20.2. The molecule has 0 bridgehead atoms. The summed E-state index contributed by atoms with van der Waals surface area (Å²) in [5.41, 5.74) is 21.7. The van der Waals surface area contributed by atoms with Gasteiger partial charge in [0.2, 0.25) is 0 Å². The van der Waals surface area contributed by atoms with E-state index in [1.165, 1.54) is 115 Å². The molecule has 0 spiro atoms. The van der Waals surface area contributed by atoms with Gasteiger partial charge in [-0.05, 0) is 147 Å². The van der Waals surface area contributed by atoms with Gasteiger partial charge in [-0.2, -0.15) is 0 Å². The van der Waals surface area contributed by atoms with Crippen molar-refractivity contribution in [3.8, 4) is 66.8 Å². The molecule has 0 saturated carbocycles. The molecule has 0 fully saturated rings. The molecule has 0 unspecified atom stereocenters. The average Bonchev–Trinajstić information content (AvgIpc) is 4.20. The first kappa shape index (κ1) is 42.5. The summed E-state index contributed by atoms with van der Waals surface area (Å²) in [5, 5.41) is 12.3. The monoisotopic (exact) mass is 962 g/mol. The van der Waals surface area contributed by atoms with Crippen LogP contribution in [-0.2, 0) is 0 Å². The second kappa shape index (κ2) is 16.8. The van der Waals surface area contributed by atoms with E-state index >= 15 is 0 Å². The third-order valence-electron chi connectivity index (χ3n) is 16.2. The molecule has 14 aromatic rings. The fraction of sp³-hybridized carbons (Fsp3) is 0. The van der Waals surface area contributed by atoms with Crippen LogP contribution in [-0.4, -0.2) is 0 Å². The quantitative estimate of drug-likeness (QED) is 0.111. The Kier molecular flexibility index (Phi) is 9.37. The third kappa shape index (κ3) is 6.10. The van der Waals surface area contributed by atoms with E-state index in [0.29, 0.717) is 0 Å². The zero-order valence-corrected chi connectivity index (χ0v) is 41.5. The number of fused-ring (bicyclic) bond motifs is 11. The van der Waals surface area contributed by atoms with Crippen LogP contribution < -0.4 is 9.80 Å². The van der Waals surface area contributed by atoms with Gasteiger partial charge < -0.3 is 9.80 Å². The Morgan fingerprint density at radius 1 is 0.184 bits per heavy atom. The molecule has 76 heavy (non-hydrogen) atoms. The van der Waals surface area contributed by atoms with Gasteiger partial charge in [0.25, 0.3) is 0 Å². The van der Waals surface area contributed by atoms with Crippen LogP contribution in [0.25, 0.3) is 121 Å². The summed E-state index contributed by atoms with van der Waals surface area (Å²) in [7, 11) is 0. The van der Waals surface area contributed by atoms with Crippen molar-refractivity contribution in [2.75, 3.05) is 9.80 Å². The highest BCUT2D eigenvalue weighted by Crippen LogP contribution is 2.64. The molecule has 352 valence electrons. The predicted octanol–water partition coefficient (Wildman–Crippen LogP) is 21.0. The maximum atomic E-state index is 2.54. The normalized spacial score (nSPS) is 11.9. The molecule has 14 aromatic carbocycles. The van der Waals surface area contributed by atoms with Crippen LogP contribution in [0, 0.1) is 0 Å². The van der Waals surface area contributed by atoms with E-state index in [9.17, 15) is 0 Å². The molecule has 0 aromatic heterocycles. The summed E-state index contributed by atoms with van der Waals surface area (Å²) in [6.45, 7) is 0. The number of rotatable bonds is 8. The Morgan fingerprint density at radius 3 is 0.961 bits per heavy atom. The van der Waals surface area contributed by atoms with Gasteiger partial charge in [0.15, 0.2) is 0 Å². The molecule has 16 rings (SSSR count). The Morgan fingerprint density at radius 2 is 0.513 bits per heavy atom. The van der Waals surface area contributed by atoms with Gasteiger partial charge in [-0.15, -0.1) is 0 Å². The van der Waals surface area contributed by atoms with Crippen LogP contribution in [0.1, 0.15) is 0 Å². The van der Waals surface area contributed by atoms with Crippen molar-refractivity contribution in [2.45, 2.75) is 0 Å². The Hall–Kier alpha value is -10.0. The molecule has 0 radical (unpaired) electrons. The van der Waals surface area contributed by atoms with Gasteiger partial charge in [-0.25, -0.2) is 0 Å². The number of benzene rings is 14. The Balaban J connectivity index is 1.18. The summed E-state index contributed by atoms with van der Waals surface area (Å²) in [6, 6.07) is 104. The highest BCUT2D eigenvalue weighted by molar-refractivity contribution is 6.37. The summed E-state index contributed by atoms with van der Waals surface area (Å²) in [4.78, 5) is 5.06. The summed E-state index contributed by atoms with van der Waals surface area (Å²) in [6.07, 6.45) is 0. The van der Waals surface area contributed by atoms with E-state index in [-0.39, 0.29) is 0 Å². The van der Waals surface area contributed by atoms with Crippen molar-refractivity contribution < 1.29 is 0 Å². The number of nitrogens with zero attached hydrogens (tertiary/aromatic N) is 2. The van der Waals surface area contributed by atoms with E-state index < -0.39 is 0 Å². The molecular weight excluding hydrogens is 917 g/mol. The molecule has 2 aliphatic rings. The van der Waals surface area contributed by atoms with Gasteiger partial charge >= 0.3 is 0 Å². The zero-order valence-electron chi connectivity index (χ0n) is 41.5. The number of para-hydroxylation sites is 4. The van der Waals surface area contributed by atoms with Crippen molar-refractivity contribution >= 4 is 88.0 Å². The molecule has 0 saturated heterocycles. The van der Waals surface area contributed by atoms with E-state index in [2.05, 4.69) is 289 Å². The van der Waals surface area contributed by atoms with Gasteiger partial charge in [0.05, 0.1) is 11.4 Å². The molecule has 2 heteroatoms. The number of hydrogen-bond acceptors (Lipinski definition) is 2. The predicted molar refractivity (Wildman–Crippen MR) is 323 cm³/mol. The minimum absolute atomic E-state index is 1.09. The van der Waals surface area contributed by atoms with Crippen molar-refractivity contribution in [3.05, 3.63) is 279 Å². The molecule has 0 aliphatic heterocycles. The van der Waals surface area contributed by atoms with Gasteiger partial charge in [0, 0.05) is 44.6 Å². The number of anilines is 6. The molecular formula is C74H46N2. The minimum Gasteiger partial charge on any atom is -0.309 e. The Labute approximate surface area is 441 Å². The maximum absolute atomic E-state index is 2.54. The fourth-order valence-corrected chi connectivity index (χ4v) is 13.3. The van der Waals surface area contributed by atoms with Crippen molar-refractivity contribution in [1.82, 2.24) is 0 Å². The lowest BCUT2D eigenvalue weighted by Gasteiger charge is -2.34. The molecule has 2 nitrogen and oxygen atoms in total. The molecule has 2 aliphatic carbocycles. The zero-order chi connectivity index (χ0) is 49.8. The van der Waals surface area contributed by atoms with Gasteiger partial charge in [-0.3, -0.25) is 0 Å². The highest BCUT2D eigenvalue weighted by Gasteiger charge is 2.37. The molecule has 0 heterocycles. The summed E-state index contributed by atoms with van der Waals surface area (Å²) < 4.78 is 0. The van der Waals surface area contributed by atoms with E-state index in [1.54, 1.807) is 0 Å². The van der Waals surface area contributed by atoms with E-state index in [4.69, 9.17) is 0 Å². The highest BCUT2D eigenvalue weighted by atomic mass is 15.2. The van der Waals surface area contributed by atoms with Gasteiger partial charge in [-0.1, -0.05) is 231 Å². The smallest absolute Gasteiger partial charge is 0.0632 e. The second-order valence-corrected chi connectivity index (χ2v) is 20.2. The first-order valence-corrected chi connectivity index (χ1v) is 26.4. The van der Waals surface area contributed by atoms with Crippen molar-refractivity contribution in [3.63, 3.8) is 0 Å². The van der Waals surface area contributed by atoms with Crippen LogP contribution >= 0.6 is 0 Å². The summed E-state index contributed by atoms with van der Waals surface area (Å²) in [5.74, 6) is 0. The van der Waals surface area contributed by atoms with Crippen molar-refractivity contribution in [1.29, 1.82) is 0 Å². The molecule has 0 atom stereocenters. The average molecular weight is 963 g/mol. The minimum atomic E-state index is 1.09. The van der Waals surface area contributed by atoms with Crippen LogP contribution in [0.4, 0.5) is 34.1 Å². The van der Waals surface area contributed by atoms with Gasteiger partial charge in [0.1, 0.15) is 0 Å². The lowest BCUT2D eigenvalue weighted by atomic mass is 9.80. The largest absolute Gasteiger partial charge is 0.309 e. The van der Waals surface area contributed by atoms with Crippen LogP contribution in [0.2, 0.25) is 0 Å². The molecule has 0 N–H and O–H groups in total. The SMILES string of the molecule is c1ccc(-c2c3c(c(-c4ccccc4)c4c2ccc2c4ccc4c(N(c5ccccc5)c5ccccc5)c5c(c(N(c6ccccc6)c6ccccc6)c42)-c2cccc4cccc-5c24)-c2cccc4cccc-3c24)cc1. The van der Waals surface area contributed by atoms with E-state index in [0.717, 1.165) is 39.5 Å². The first-order valence-electron chi connectivity index (χ1n) is 26.4. The first-order chi connectivity index (χ1) is 37.8. The fourth-order valence-electron chi connectivity index (χ4n) is 13.3. The van der Waals surface area contributed by atoms with Crippen molar-refractivity contribution in [2.24, 2.45) is 0 Å². The van der Waals surface area contributed by atoms with E-state index in [1.807, 2.05) is 0 Å². The molecule has 0 amide bonds. The standard InChI is InChI=1S/C74H46N2/c1-7-23-49(24-8-1)65-61-45-43-56-55(67(61)66(50-25-9-2-10-26-50)70-58-40-20-28-47-27-19-39-57(63(47)58)69(65)70)44-46-62-68(56)74(76(53-35-15-5-16-36-53)54-37-17-6-18-38-54)72-60-42-22-30-48-29-21-41-59(64(48)60)71(72)73(62)75(51-31-11-3-12-32-51)52-33-13-4-14-34-52/h1-46H. The number of hydrogen-bond donors (Lipinski definition) is 0. The Bertz CT molecular complexity index is 4560. The summed E-state index contributed by atoms with van der Waals surface area (Å²) >= 11 is 0. The lowest BCUT2D eigenvalue weighted by molar-refractivity contribution is 1.28. The lowest BCUT2D eigenvalue weighted by Crippen LogP contribution is -2.15. The van der Waals surface area contributed by atoms with Crippen LogP contribution in [0.5, 0.6) is 0 Å². The topological polar surface area (TPSA) is 6.48 Å². The third-order valence-corrected chi connectivity index (χ3v) is 16.2.